The molecule has 0 aliphatic carbocycles. The summed E-state index contributed by atoms with van der Waals surface area (Å²) < 4.78 is 0. The van der Waals surface area contributed by atoms with Gasteiger partial charge in [0.2, 0.25) is 0 Å². The largest absolute Gasteiger partial charge is 0.315 e. The molecule has 0 saturated heterocycles. The summed E-state index contributed by atoms with van der Waals surface area (Å²) in [6, 6.07) is 4.28. The van der Waals surface area contributed by atoms with E-state index in [-0.39, 0.29) is 0 Å². The third-order valence-corrected chi connectivity index (χ3v) is 4.37. The zero-order chi connectivity index (χ0) is 11.4. The Morgan fingerprint density at radius 1 is 1.44 bits per heavy atom. The highest BCUT2D eigenvalue weighted by Gasteiger charge is 2.09. The standard InChI is InChI=1S/C12H16N2S2/c1-3-10-11(8-13-2)16-12(14-10)7-9-5-4-6-15-9/h4-6,13H,3,7-8H2,1-2H3. The van der Waals surface area contributed by atoms with E-state index in [1.165, 1.54) is 20.5 Å². The Bertz CT molecular complexity index is 432. The van der Waals surface area contributed by atoms with Crippen molar-refractivity contribution >= 4 is 22.7 Å². The van der Waals surface area contributed by atoms with Gasteiger partial charge in [-0.1, -0.05) is 13.0 Å². The van der Waals surface area contributed by atoms with Crippen LogP contribution < -0.4 is 5.32 Å². The molecule has 16 heavy (non-hydrogen) atoms. The van der Waals surface area contributed by atoms with E-state index in [9.17, 15) is 0 Å². The molecule has 0 amide bonds. The number of hydrogen-bond donors (Lipinski definition) is 1. The van der Waals surface area contributed by atoms with Crippen LogP contribution in [0.5, 0.6) is 0 Å². The van der Waals surface area contributed by atoms with Crippen LogP contribution in [0.4, 0.5) is 0 Å². The third kappa shape index (κ3) is 2.70. The number of hydrogen-bond acceptors (Lipinski definition) is 4. The molecule has 2 aromatic rings. The molecule has 0 bridgehead atoms. The Hall–Kier alpha value is -0.710. The average molecular weight is 252 g/mol. The van der Waals surface area contributed by atoms with E-state index < -0.39 is 0 Å². The Labute approximate surface area is 104 Å². The summed E-state index contributed by atoms with van der Waals surface area (Å²) in [5, 5.41) is 6.57. The SMILES string of the molecule is CCc1nc(Cc2cccs2)sc1CNC. The van der Waals surface area contributed by atoms with Crippen LogP contribution in [0.3, 0.4) is 0 Å². The zero-order valence-corrected chi connectivity index (χ0v) is 11.3. The minimum atomic E-state index is 0.936. The van der Waals surface area contributed by atoms with Gasteiger partial charge in [-0.2, -0.15) is 0 Å². The second-order valence-corrected chi connectivity index (χ2v) is 5.82. The summed E-state index contributed by atoms with van der Waals surface area (Å²) in [7, 11) is 1.98. The lowest BCUT2D eigenvalue weighted by atomic mass is 10.3. The van der Waals surface area contributed by atoms with Crippen molar-refractivity contribution in [3.8, 4) is 0 Å². The van der Waals surface area contributed by atoms with Crippen molar-refractivity contribution in [1.82, 2.24) is 10.3 Å². The van der Waals surface area contributed by atoms with Crippen molar-refractivity contribution in [2.45, 2.75) is 26.3 Å². The smallest absolute Gasteiger partial charge is 0.0983 e. The second-order valence-electron chi connectivity index (χ2n) is 3.62. The second kappa shape index (κ2) is 5.57. The minimum absolute atomic E-state index is 0.936. The zero-order valence-electron chi connectivity index (χ0n) is 9.62. The van der Waals surface area contributed by atoms with Crippen molar-refractivity contribution < 1.29 is 0 Å². The van der Waals surface area contributed by atoms with Gasteiger partial charge in [0, 0.05) is 22.7 Å². The van der Waals surface area contributed by atoms with Crippen LogP contribution in [0, 0.1) is 0 Å². The fourth-order valence-corrected chi connectivity index (χ4v) is 3.64. The van der Waals surface area contributed by atoms with Gasteiger partial charge < -0.3 is 5.32 Å². The summed E-state index contributed by atoms with van der Waals surface area (Å²) in [5.74, 6) is 0. The Morgan fingerprint density at radius 3 is 2.94 bits per heavy atom. The third-order valence-electron chi connectivity index (χ3n) is 2.40. The number of aromatic nitrogens is 1. The predicted octanol–water partition coefficient (Wildman–Crippen LogP) is 3.08. The Kier molecular flexibility index (Phi) is 4.09. The number of thiazole rings is 1. The van der Waals surface area contributed by atoms with Crippen LogP contribution in [0.2, 0.25) is 0 Å². The van der Waals surface area contributed by atoms with E-state index in [2.05, 4.69) is 29.8 Å². The van der Waals surface area contributed by atoms with E-state index in [4.69, 9.17) is 4.98 Å². The first-order chi connectivity index (χ1) is 7.83. The van der Waals surface area contributed by atoms with Gasteiger partial charge in [0.25, 0.3) is 0 Å². The van der Waals surface area contributed by atoms with E-state index >= 15 is 0 Å². The first kappa shape index (κ1) is 11.8. The Balaban J connectivity index is 2.15. The fourth-order valence-electron chi connectivity index (χ4n) is 1.65. The van der Waals surface area contributed by atoms with Gasteiger partial charge in [-0.25, -0.2) is 4.98 Å². The maximum absolute atomic E-state index is 4.71. The molecule has 2 heterocycles. The van der Waals surface area contributed by atoms with E-state index in [1.54, 1.807) is 11.3 Å². The van der Waals surface area contributed by atoms with Gasteiger partial charge in [0.15, 0.2) is 0 Å². The molecule has 0 fully saturated rings. The first-order valence-electron chi connectivity index (χ1n) is 5.48. The van der Waals surface area contributed by atoms with Crippen molar-refractivity contribution in [2.75, 3.05) is 7.05 Å². The van der Waals surface area contributed by atoms with Crippen LogP contribution in [0.15, 0.2) is 17.5 Å². The molecule has 0 radical (unpaired) electrons. The quantitative estimate of drug-likeness (QED) is 0.884. The van der Waals surface area contributed by atoms with Gasteiger partial charge in [-0.3, -0.25) is 0 Å². The predicted molar refractivity (Wildman–Crippen MR) is 71.4 cm³/mol. The molecule has 86 valence electrons. The normalized spacial score (nSPS) is 10.9. The average Bonchev–Trinajstić information content (AvgIpc) is 2.89. The molecule has 0 aromatic carbocycles. The molecule has 0 unspecified atom stereocenters. The summed E-state index contributed by atoms with van der Waals surface area (Å²) in [6.07, 6.45) is 2.01. The molecule has 0 aliphatic heterocycles. The van der Waals surface area contributed by atoms with Crippen molar-refractivity contribution in [3.63, 3.8) is 0 Å². The molecule has 0 saturated carbocycles. The number of nitrogens with zero attached hydrogens (tertiary/aromatic N) is 1. The van der Waals surface area contributed by atoms with Gasteiger partial charge in [0.05, 0.1) is 10.7 Å². The van der Waals surface area contributed by atoms with Gasteiger partial charge in [0.1, 0.15) is 0 Å². The van der Waals surface area contributed by atoms with E-state index in [1.807, 2.05) is 18.4 Å². The lowest BCUT2D eigenvalue weighted by Crippen LogP contribution is -2.05. The Morgan fingerprint density at radius 2 is 2.31 bits per heavy atom. The number of aryl methyl sites for hydroxylation is 1. The molecule has 2 nitrogen and oxygen atoms in total. The fraction of sp³-hybridized carbons (Fsp3) is 0.417. The molecule has 2 aromatic heterocycles. The summed E-state index contributed by atoms with van der Waals surface area (Å²) in [4.78, 5) is 7.49. The van der Waals surface area contributed by atoms with Crippen LogP contribution in [-0.4, -0.2) is 12.0 Å². The number of rotatable bonds is 5. The van der Waals surface area contributed by atoms with Crippen LogP contribution in [0.1, 0.15) is 27.4 Å². The van der Waals surface area contributed by atoms with E-state index in [0.717, 1.165) is 19.4 Å². The molecular weight excluding hydrogens is 236 g/mol. The first-order valence-corrected chi connectivity index (χ1v) is 7.17. The van der Waals surface area contributed by atoms with Gasteiger partial charge in [-0.15, -0.1) is 22.7 Å². The topological polar surface area (TPSA) is 24.9 Å². The molecule has 4 heteroatoms. The number of thiophene rings is 1. The van der Waals surface area contributed by atoms with Crippen LogP contribution >= 0.6 is 22.7 Å². The van der Waals surface area contributed by atoms with Crippen molar-refractivity contribution in [2.24, 2.45) is 0 Å². The lowest BCUT2D eigenvalue weighted by molar-refractivity contribution is 0.814. The maximum Gasteiger partial charge on any atom is 0.0983 e. The van der Waals surface area contributed by atoms with Crippen LogP contribution in [0.25, 0.3) is 0 Å². The van der Waals surface area contributed by atoms with Crippen molar-refractivity contribution in [3.05, 3.63) is 38.0 Å². The lowest BCUT2D eigenvalue weighted by Gasteiger charge is -1.96. The van der Waals surface area contributed by atoms with Crippen LogP contribution in [-0.2, 0) is 19.4 Å². The summed E-state index contributed by atoms with van der Waals surface area (Å²) in [6.45, 7) is 3.11. The minimum Gasteiger partial charge on any atom is -0.315 e. The highest BCUT2D eigenvalue weighted by Crippen LogP contribution is 2.23. The summed E-state index contributed by atoms with van der Waals surface area (Å²) >= 11 is 3.64. The monoisotopic (exact) mass is 252 g/mol. The molecular formula is C12H16N2S2. The maximum atomic E-state index is 4.71. The highest BCUT2D eigenvalue weighted by molar-refractivity contribution is 7.12. The molecule has 1 N–H and O–H groups in total. The summed E-state index contributed by atoms with van der Waals surface area (Å²) in [5.41, 5.74) is 1.26. The molecule has 0 aliphatic rings. The van der Waals surface area contributed by atoms with Crippen molar-refractivity contribution in [1.29, 1.82) is 0 Å². The van der Waals surface area contributed by atoms with Gasteiger partial charge in [-0.05, 0) is 24.9 Å². The molecule has 0 atom stereocenters. The molecule has 2 rings (SSSR count). The van der Waals surface area contributed by atoms with Gasteiger partial charge >= 0.3 is 0 Å². The molecule has 0 spiro atoms. The highest BCUT2D eigenvalue weighted by atomic mass is 32.1. The van der Waals surface area contributed by atoms with E-state index in [0.29, 0.717) is 0 Å². The number of nitrogens with one attached hydrogen (secondary N) is 1.